The van der Waals surface area contributed by atoms with Gasteiger partial charge in [-0.1, -0.05) is 18.2 Å². The Morgan fingerprint density at radius 3 is 2.25 bits per heavy atom. The normalized spacial score (nSPS) is 11.7. The largest absolute Gasteiger partial charge is 0.506 e. The molecule has 0 fully saturated rings. The first-order chi connectivity index (χ1) is 13.4. The summed E-state index contributed by atoms with van der Waals surface area (Å²) < 4.78 is 0.803. The molecule has 0 saturated carbocycles. The number of phenols is 1. The van der Waals surface area contributed by atoms with Crippen LogP contribution in [0.5, 0.6) is 5.75 Å². The summed E-state index contributed by atoms with van der Waals surface area (Å²) in [5.74, 6) is 0.179. The van der Waals surface area contributed by atoms with Crippen LogP contribution in [-0.2, 0) is 11.3 Å². The van der Waals surface area contributed by atoms with E-state index < -0.39 is 0 Å². The van der Waals surface area contributed by atoms with Crippen molar-refractivity contribution in [2.75, 3.05) is 26.2 Å². The van der Waals surface area contributed by atoms with Crippen molar-refractivity contribution in [3.63, 3.8) is 0 Å². The van der Waals surface area contributed by atoms with Crippen LogP contribution in [0.4, 0.5) is 11.4 Å². The lowest BCUT2D eigenvalue weighted by molar-refractivity contribution is -0.915. The molecule has 0 heterocycles. The van der Waals surface area contributed by atoms with Gasteiger partial charge in [0.15, 0.2) is 6.54 Å². The molecule has 0 aliphatic carbocycles. The second-order valence-corrected chi connectivity index (χ2v) is 7.08. The van der Waals surface area contributed by atoms with Crippen LogP contribution in [0.25, 0.3) is 0 Å². The fourth-order valence-corrected chi connectivity index (χ4v) is 3.07. The Bertz CT molecular complexity index is 804. The van der Waals surface area contributed by atoms with E-state index in [4.69, 9.17) is 0 Å². The van der Waals surface area contributed by atoms with Crippen molar-refractivity contribution in [1.29, 1.82) is 0 Å². The maximum atomic E-state index is 12.3. The predicted molar refractivity (Wildman–Crippen MR) is 112 cm³/mol. The Morgan fingerprint density at radius 1 is 1.00 bits per heavy atom. The van der Waals surface area contributed by atoms with Gasteiger partial charge in [-0.2, -0.15) is 5.11 Å². The van der Waals surface area contributed by atoms with Crippen molar-refractivity contribution in [1.82, 2.24) is 5.32 Å². The number of likely N-dealkylation sites (N-methyl/N-ethyl adjacent to an activating group) is 1. The number of carbonyl (C=O) groups is 1. The molecular formula is C22H31N4O2+. The van der Waals surface area contributed by atoms with Gasteiger partial charge >= 0.3 is 0 Å². The molecule has 1 amide bonds. The number of nitrogens with one attached hydrogen (secondary N) is 1. The zero-order valence-electron chi connectivity index (χ0n) is 17.3. The minimum Gasteiger partial charge on any atom is -0.506 e. The molecule has 2 rings (SSSR count). The molecule has 2 N–H and O–H groups in total. The standard InChI is InChI=1S/C22H30N4O2/c1-5-26(6-2,7-3)16-22(28)23-15-18-9-11-19(12-10-18)24-25-20-14-17(4)8-13-21(20)27/h8-14H,5-7,15-16H2,1-4H3,(H-,23,24,27,28)/p+1. The van der Waals surface area contributed by atoms with Crippen LogP contribution in [0, 0.1) is 6.92 Å². The van der Waals surface area contributed by atoms with E-state index in [1.165, 1.54) is 0 Å². The summed E-state index contributed by atoms with van der Waals surface area (Å²) in [6, 6.07) is 12.8. The number of quaternary nitrogens is 1. The van der Waals surface area contributed by atoms with Gasteiger partial charge in [-0.05, 0) is 63.1 Å². The van der Waals surface area contributed by atoms with Gasteiger partial charge in [-0.25, -0.2) is 0 Å². The molecule has 2 aromatic carbocycles. The van der Waals surface area contributed by atoms with Gasteiger partial charge in [-0.15, -0.1) is 5.11 Å². The molecule has 0 saturated heterocycles. The third-order valence-corrected chi connectivity index (χ3v) is 5.32. The number of carbonyl (C=O) groups excluding carboxylic acids is 1. The minimum absolute atomic E-state index is 0.0734. The first kappa shape index (κ1) is 21.6. The van der Waals surface area contributed by atoms with Crippen molar-refractivity contribution in [2.24, 2.45) is 10.2 Å². The van der Waals surface area contributed by atoms with Gasteiger partial charge in [0, 0.05) is 6.54 Å². The summed E-state index contributed by atoms with van der Waals surface area (Å²) in [5.41, 5.74) is 3.15. The zero-order valence-corrected chi connectivity index (χ0v) is 17.3. The molecule has 0 aliphatic rings. The number of aryl methyl sites for hydroxylation is 1. The Hall–Kier alpha value is -2.73. The number of azo groups is 1. The molecule has 0 aliphatic heterocycles. The second kappa shape index (κ2) is 9.99. The number of phenolic OH excluding ortho intramolecular Hbond substituents is 1. The highest BCUT2D eigenvalue weighted by Gasteiger charge is 2.24. The van der Waals surface area contributed by atoms with E-state index in [2.05, 4.69) is 36.3 Å². The second-order valence-electron chi connectivity index (χ2n) is 7.08. The molecule has 6 nitrogen and oxygen atoms in total. The average Bonchev–Trinajstić information content (AvgIpc) is 2.72. The minimum atomic E-state index is 0.0734. The lowest BCUT2D eigenvalue weighted by Gasteiger charge is -2.34. The van der Waals surface area contributed by atoms with Gasteiger partial charge in [0.1, 0.15) is 11.4 Å². The topological polar surface area (TPSA) is 74.0 Å². The molecule has 6 heteroatoms. The summed E-state index contributed by atoms with van der Waals surface area (Å²) in [6.45, 7) is 12.2. The fourth-order valence-electron chi connectivity index (χ4n) is 3.07. The van der Waals surface area contributed by atoms with Crippen LogP contribution >= 0.6 is 0 Å². The van der Waals surface area contributed by atoms with Gasteiger partial charge in [-0.3, -0.25) is 4.79 Å². The van der Waals surface area contributed by atoms with Gasteiger partial charge in [0.2, 0.25) is 0 Å². The summed E-state index contributed by atoms with van der Waals surface area (Å²) in [7, 11) is 0. The fraction of sp³-hybridized carbons (Fsp3) is 0.409. The third kappa shape index (κ3) is 5.89. The van der Waals surface area contributed by atoms with Crippen LogP contribution in [-0.4, -0.2) is 41.7 Å². The summed E-state index contributed by atoms with van der Waals surface area (Å²) in [6.07, 6.45) is 0. The number of aromatic hydroxyl groups is 1. The van der Waals surface area contributed by atoms with E-state index in [0.29, 0.717) is 24.5 Å². The van der Waals surface area contributed by atoms with Crippen LogP contribution in [0.3, 0.4) is 0 Å². The predicted octanol–water partition coefficient (Wildman–Crippen LogP) is 4.61. The molecule has 0 aromatic heterocycles. The molecule has 150 valence electrons. The van der Waals surface area contributed by atoms with Gasteiger partial charge in [0.05, 0.1) is 25.3 Å². The van der Waals surface area contributed by atoms with Crippen LogP contribution in [0.15, 0.2) is 52.7 Å². The molecule has 28 heavy (non-hydrogen) atoms. The first-order valence-electron chi connectivity index (χ1n) is 9.83. The molecule has 0 unspecified atom stereocenters. The Balaban J connectivity index is 1.93. The SMILES string of the molecule is CC[N+](CC)(CC)CC(=O)NCc1ccc(N=Nc2cc(C)ccc2O)cc1. The lowest BCUT2D eigenvalue weighted by atomic mass is 10.2. The first-order valence-corrected chi connectivity index (χ1v) is 9.83. The van der Waals surface area contributed by atoms with Crippen molar-refractivity contribution in [2.45, 2.75) is 34.2 Å². The highest BCUT2D eigenvalue weighted by atomic mass is 16.3. The van der Waals surface area contributed by atoms with Crippen LogP contribution < -0.4 is 5.32 Å². The smallest absolute Gasteiger partial charge is 0.275 e. The summed E-state index contributed by atoms with van der Waals surface area (Å²) in [5, 5.41) is 21.1. The summed E-state index contributed by atoms with van der Waals surface area (Å²) >= 11 is 0. The third-order valence-electron chi connectivity index (χ3n) is 5.32. The van der Waals surface area contributed by atoms with E-state index >= 15 is 0 Å². The molecule has 0 bridgehead atoms. The van der Waals surface area contributed by atoms with Gasteiger partial charge in [0.25, 0.3) is 5.91 Å². The van der Waals surface area contributed by atoms with E-state index in [9.17, 15) is 9.90 Å². The Morgan fingerprint density at radius 2 is 1.64 bits per heavy atom. The van der Waals surface area contributed by atoms with E-state index in [1.807, 2.05) is 37.3 Å². The van der Waals surface area contributed by atoms with Crippen LogP contribution in [0.1, 0.15) is 31.9 Å². The van der Waals surface area contributed by atoms with E-state index in [0.717, 1.165) is 35.2 Å². The number of nitrogens with zero attached hydrogens (tertiary/aromatic N) is 3. The molecular weight excluding hydrogens is 352 g/mol. The van der Waals surface area contributed by atoms with E-state index in [1.54, 1.807) is 12.1 Å². The summed E-state index contributed by atoms with van der Waals surface area (Å²) in [4.78, 5) is 12.3. The van der Waals surface area contributed by atoms with Crippen LogP contribution in [0.2, 0.25) is 0 Å². The number of rotatable bonds is 9. The van der Waals surface area contributed by atoms with Crippen molar-refractivity contribution in [3.05, 3.63) is 53.6 Å². The number of benzene rings is 2. The van der Waals surface area contributed by atoms with E-state index in [-0.39, 0.29) is 11.7 Å². The average molecular weight is 384 g/mol. The van der Waals surface area contributed by atoms with Gasteiger partial charge < -0.3 is 14.9 Å². The maximum absolute atomic E-state index is 12.3. The highest BCUT2D eigenvalue weighted by molar-refractivity contribution is 5.77. The Labute approximate surface area is 167 Å². The number of hydrogen-bond acceptors (Lipinski definition) is 4. The zero-order chi connectivity index (χ0) is 20.6. The molecule has 2 aromatic rings. The maximum Gasteiger partial charge on any atom is 0.275 e. The quantitative estimate of drug-likeness (QED) is 0.490. The molecule has 0 spiro atoms. The molecule has 0 atom stereocenters. The number of hydrogen-bond donors (Lipinski definition) is 2. The number of amides is 1. The van der Waals surface area contributed by atoms with Crippen molar-refractivity contribution < 1.29 is 14.4 Å². The highest BCUT2D eigenvalue weighted by Crippen LogP contribution is 2.28. The van der Waals surface area contributed by atoms with Crippen molar-refractivity contribution in [3.8, 4) is 5.75 Å². The molecule has 0 radical (unpaired) electrons. The Kier molecular flexibility index (Phi) is 7.70. The van der Waals surface area contributed by atoms with Crippen molar-refractivity contribution >= 4 is 17.3 Å². The lowest BCUT2D eigenvalue weighted by Crippen LogP contribution is -2.53. The monoisotopic (exact) mass is 383 g/mol.